The van der Waals surface area contributed by atoms with Crippen molar-refractivity contribution < 1.29 is 14.3 Å². The summed E-state index contributed by atoms with van der Waals surface area (Å²) < 4.78 is 6.72. The number of nitrogens with zero attached hydrogens (tertiary/aromatic N) is 4. The number of piperidine rings is 1. The maximum absolute atomic E-state index is 12.5. The smallest absolute Gasteiger partial charge is 0.409 e. The number of carbonyl (C=O) groups is 2. The highest BCUT2D eigenvalue weighted by Gasteiger charge is 2.25. The maximum Gasteiger partial charge on any atom is 0.409 e. The zero-order valence-electron chi connectivity index (χ0n) is 14.8. The SMILES string of the molecule is CCOC(=O)N1CCN(C(=O)Cn2ccc([C@H]3CCCNC3)n2)CC1. The molecule has 2 fully saturated rings. The first-order chi connectivity index (χ1) is 12.2. The molecule has 138 valence electrons. The van der Waals surface area contributed by atoms with Gasteiger partial charge in [0.1, 0.15) is 6.54 Å². The third-order valence-corrected chi connectivity index (χ3v) is 4.83. The normalized spacial score (nSPS) is 21.2. The molecule has 0 bridgehead atoms. The van der Waals surface area contributed by atoms with Gasteiger partial charge in [-0.05, 0) is 32.4 Å². The van der Waals surface area contributed by atoms with Gasteiger partial charge in [-0.2, -0.15) is 5.10 Å². The van der Waals surface area contributed by atoms with Crippen LogP contribution in [0.1, 0.15) is 31.4 Å². The number of ether oxygens (including phenoxy) is 1. The predicted octanol–water partition coefficient (Wildman–Crippen LogP) is 0.651. The summed E-state index contributed by atoms with van der Waals surface area (Å²) in [7, 11) is 0. The Bertz CT molecular complexity index is 589. The number of hydrogen-bond donors (Lipinski definition) is 1. The second-order valence-electron chi connectivity index (χ2n) is 6.55. The van der Waals surface area contributed by atoms with Crippen LogP contribution in [0, 0.1) is 0 Å². The minimum absolute atomic E-state index is 0.0416. The summed E-state index contributed by atoms with van der Waals surface area (Å²) >= 11 is 0. The van der Waals surface area contributed by atoms with E-state index in [1.165, 1.54) is 6.42 Å². The lowest BCUT2D eigenvalue weighted by Crippen LogP contribution is -2.51. The van der Waals surface area contributed by atoms with Crippen LogP contribution in [0.4, 0.5) is 4.79 Å². The lowest BCUT2D eigenvalue weighted by molar-refractivity contribution is -0.133. The summed E-state index contributed by atoms with van der Waals surface area (Å²) in [5, 5.41) is 7.97. The van der Waals surface area contributed by atoms with Crippen LogP contribution in [0.3, 0.4) is 0 Å². The number of rotatable bonds is 4. The third kappa shape index (κ3) is 4.50. The molecule has 0 aliphatic carbocycles. The fourth-order valence-corrected chi connectivity index (χ4v) is 3.38. The van der Waals surface area contributed by atoms with Crippen molar-refractivity contribution in [3.05, 3.63) is 18.0 Å². The van der Waals surface area contributed by atoms with Gasteiger partial charge in [-0.1, -0.05) is 0 Å². The van der Waals surface area contributed by atoms with E-state index in [1.54, 1.807) is 21.4 Å². The molecular weight excluding hydrogens is 322 g/mol. The molecule has 1 aromatic heterocycles. The summed E-state index contributed by atoms with van der Waals surface area (Å²) in [6, 6.07) is 2.02. The molecule has 1 aromatic rings. The Morgan fingerprint density at radius 1 is 1.28 bits per heavy atom. The molecule has 0 radical (unpaired) electrons. The van der Waals surface area contributed by atoms with Crippen molar-refractivity contribution in [2.75, 3.05) is 45.9 Å². The van der Waals surface area contributed by atoms with Crippen molar-refractivity contribution in [3.63, 3.8) is 0 Å². The van der Waals surface area contributed by atoms with Crippen molar-refractivity contribution in [1.82, 2.24) is 24.9 Å². The van der Waals surface area contributed by atoms with Crippen molar-refractivity contribution in [2.24, 2.45) is 0 Å². The fraction of sp³-hybridized carbons (Fsp3) is 0.706. The Labute approximate surface area is 148 Å². The summed E-state index contributed by atoms with van der Waals surface area (Å²) in [6.07, 6.45) is 3.90. The van der Waals surface area contributed by atoms with E-state index < -0.39 is 0 Å². The molecule has 0 aromatic carbocycles. The van der Waals surface area contributed by atoms with Gasteiger partial charge in [-0.25, -0.2) is 4.79 Å². The van der Waals surface area contributed by atoms with Gasteiger partial charge in [0, 0.05) is 44.8 Å². The fourth-order valence-electron chi connectivity index (χ4n) is 3.38. The zero-order valence-corrected chi connectivity index (χ0v) is 14.8. The molecule has 0 saturated carbocycles. The molecular formula is C17H27N5O3. The molecule has 2 amide bonds. The largest absolute Gasteiger partial charge is 0.450 e. The Kier molecular flexibility index (Phi) is 5.91. The van der Waals surface area contributed by atoms with Gasteiger partial charge < -0.3 is 19.9 Å². The summed E-state index contributed by atoms with van der Waals surface area (Å²) in [5.41, 5.74) is 1.06. The molecule has 2 aliphatic heterocycles. The lowest BCUT2D eigenvalue weighted by atomic mass is 9.97. The quantitative estimate of drug-likeness (QED) is 0.863. The lowest BCUT2D eigenvalue weighted by Gasteiger charge is -2.34. The van der Waals surface area contributed by atoms with Crippen LogP contribution in [0.15, 0.2) is 12.3 Å². The first kappa shape index (κ1) is 17.7. The van der Waals surface area contributed by atoms with E-state index in [0.717, 1.165) is 25.2 Å². The average Bonchev–Trinajstić information content (AvgIpc) is 3.11. The molecule has 3 heterocycles. The zero-order chi connectivity index (χ0) is 17.6. The number of piperazine rings is 1. The first-order valence-electron chi connectivity index (χ1n) is 9.11. The molecule has 3 rings (SSSR count). The van der Waals surface area contributed by atoms with Gasteiger partial charge in [-0.3, -0.25) is 9.48 Å². The second kappa shape index (κ2) is 8.33. The number of carbonyl (C=O) groups excluding carboxylic acids is 2. The van der Waals surface area contributed by atoms with Crippen LogP contribution >= 0.6 is 0 Å². The first-order valence-corrected chi connectivity index (χ1v) is 9.11. The highest BCUT2D eigenvalue weighted by Crippen LogP contribution is 2.21. The Balaban J connectivity index is 1.48. The molecule has 0 unspecified atom stereocenters. The van der Waals surface area contributed by atoms with Crippen LogP contribution in [-0.4, -0.2) is 77.5 Å². The summed E-state index contributed by atoms with van der Waals surface area (Å²) in [5.74, 6) is 0.484. The van der Waals surface area contributed by atoms with E-state index in [-0.39, 0.29) is 18.5 Å². The van der Waals surface area contributed by atoms with Crippen LogP contribution in [0.2, 0.25) is 0 Å². The molecule has 1 N–H and O–H groups in total. The highest BCUT2D eigenvalue weighted by molar-refractivity contribution is 5.76. The Hall–Kier alpha value is -2.09. The van der Waals surface area contributed by atoms with Gasteiger partial charge >= 0.3 is 6.09 Å². The number of amides is 2. The van der Waals surface area contributed by atoms with Crippen molar-refractivity contribution >= 4 is 12.0 Å². The highest BCUT2D eigenvalue weighted by atomic mass is 16.6. The van der Waals surface area contributed by atoms with Crippen LogP contribution < -0.4 is 5.32 Å². The van der Waals surface area contributed by atoms with E-state index >= 15 is 0 Å². The van der Waals surface area contributed by atoms with Gasteiger partial charge in [0.2, 0.25) is 5.91 Å². The van der Waals surface area contributed by atoms with E-state index in [0.29, 0.717) is 38.7 Å². The number of nitrogens with one attached hydrogen (secondary N) is 1. The van der Waals surface area contributed by atoms with Gasteiger partial charge in [0.05, 0.1) is 12.3 Å². The molecule has 8 heteroatoms. The molecule has 2 saturated heterocycles. The average molecular weight is 349 g/mol. The third-order valence-electron chi connectivity index (χ3n) is 4.83. The molecule has 2 aliphatic rings. The minimum Gasteiger partial charge on any atom is -0.450 e. The number of aromatic nitrogens is 2. The second-order valence-corrected chi connectivity index (χ2v) is 6.55. The van der Waals surface area contributed by atoms with E-state index in [2.05, 4.69) is 10.4 Å². The molecule has 0 spiro atoms. The van der Waals surface area contributed by atoms with E-state index in [9.17, 15) is 9.59 Å². The van der Waals surface area contributed by atoms with Gasteiger partial charge in [-0.15, -0.1) is 0 Å². The summed E-state index contributed by atoms with van der Waals surface area (Å²) in [4.78, 5) is 27.6. The summed E-state index contributed by atoms with van der Waals surface area (Å²) in [6.45, 7) is 6.56. The minimum atomic E-state index is -0.299. The van der Waals surface area contributed by atoms with Crippen LogP contribution in [0.5, 0.6) is 0 Å². The standard InChI is InChI=1S/C17H27N5O3/c1-2-25-17(24)21-10-8-20(9-11-21)16(23)13-22-7-5-15(19-22)14-4-3-6-18-12-14/h5,7,14,18H,2-4,6,8-13H2,1H3/t14-/m0/s1. The van der Waals surface area contributed by atoms with Gasteiger partial charge in [0.15, 0.2) is 0 Å². The predicted molar refractivity (Wildman–Crippen MR) is 92.2 cm³/mol. The van der Waals surface area contributed by atoms with E-state index in [1.807, 2.05) is 12.3 Å². The van der Waals surface area contributed by atoms with Crippen molar-refractivity contribution in [3.8, 4) is 0 Å². The van der Waals surface area contributed by atoms with E-state index in [4.69, 9.17) is 4.74 Å². The van der Waals surface area contributed by atoms with Gasteiger partial charge in [0.25, 0.3) is 0 Å². The molecule has 8 nitrogen and oxygen atoms in total. The molecule has 1 atom stereocenters. The molecule has 25 heavy (non-hydrogen) atoms. The monoisotopic (exact) mass is 349 g/mol. The topological polar surface area (TPSA) is 79.7 Å². The maximum atomic E-state index is 12.5. The Morgan fingerprint density at radius 3 is 2.72 bits per heavy atom. The van der Waals surface area contributed by atoms with Crippen LogP contribution in [-0.2, 0) is 16.1 Å². The van der Waals surface area contributed by atoms with Crippen molar-refractivity contribution in [1.29, 1.82) is 0 Å². The van der Waals surface area contributed by atoms with Crippen LogP contribution in [0.25, 0.3) is 0 Å². The Morgan fingerprint density at radius 2 is 2.04 bits per heavy atom. The van der Waals surface area contributed by atoms with Crippen molar-refractivity contribution in [2.45, 2.75) is 32.2 Å². The number of hydrogen-bond acceptors (Lipinski definition) is 5.